The zero-order valence-electron chi connectivity index (χ0n) is 42.9. The molecule has 0 aliphatic rings. The summed E-state index contributed by atoms with van der Waals surface area (Å²) in [7, 11) is 1.15. The molecule has 0 bridgehead atoms. The molecule has 0 aromatic heterocycles. The number of rotatable bonds is 47. The molecular formula is C55H101N2O7P. The van der Waals surface area contributed by atoms with Crippen LogP contribution in [0.1, 0.15) is 226 Å². The molecule has 1 N–H and O–H groups in total. The predicted molar refractivity (Wildman–Crippen MR) is 275 cm³/mol. The number of nitrogens with zero attached hydrogens (tertiary/aromatic N) is 1. The first-order chi connectivity index (χ1) is 31.4. The predicted octanol–water partition coefficient (Wildman–Crippen LogP) is 14.9. The van der Waals surface area contributed by atoms with Gasteiger partial charge in [0.05, 0.1) is 33.8 Å². The molecule has 0 aliphatic heterocycles. The van der Waals surface area contributed by atoms with Crippen LogP contribution < -0.4 is 10.2 Å². The van der Waals surface area contributed by atoms with Gasteiger partial charge in [0.2, 0.25) is 5.91 Å². The molecule has 0 radical (unpaired) electrons. The lowest BCUT2D eigenvalue weighted by molar-refractivity contribution is -0.870. The monoisotopic (exact) mass is 933 g/mol. The highest BCUT2D eigenvalue weighted by molar-refractivity contribution is 7.45. The van der Waals surface area contributed by atoms with Crippen LogP contribution in [0.5, 0.6) is 0 Å². The average Bonchev–Trinajstić information content (AvgIpc) is 3.26. The molecule has 65 heavy (non-hydrogen) atoms. The van der Waals surface area contributed by atoms with Gasteiger partial charge in [-0.05, 0) is 76.7 Å². The average molecular weight is 933 g/mol. The Morgan fingerprint density at radius 3 is 1.49 bits per heavy atom. The van der Waals surface area contributed by atoms with E-state index in [-0.39, 0.29) is 18.9 Å². The number of quaternary nitrogens is 1. The van der Waals surface area contributed by atoms with Gasteiger partial charge in [0.15, 0.2) is 0 Å². The first kappa shape index (κ1) is 62.7. The second-order valence-corrected chi connectivity index (χ2v) is 20.4. The van der Waals surface area contributed by atoms with Crippen molar-refractivity contribution < 1.29 is 37.3 Å². The van der Waals surface area contributed by atoms with Crippen LogP contribution >= 0.6 is 7.82 Å². The first-order valence-corrected chi connectivity index (χ1v) is 28.1. The van der Waals surface area contributed by atoms with Crippen LogP contribution in [0.25, 0.3) is 0 Å². The van der Waals surface area contributed by atoms with Gasteiger partial charge in [-0.3, -0.25) is 14.2 Å². The molecule has 9 nitrogen and oxygen atoms in total. The second-order valence-electron chi connectivity index (χ2n) is 19.0. The van der Waals surface area contributed by atoms with Gasteiger partial charge < -0.3 is 28.5 Å². The van der Waals surface area contributed by atoms with Crippen LogP contribution in [-0.4, -0.2) is 69.4 Å². The highest BCUT2D eigenvalue weighted by atomic mass is 31.2. The van der Waals surface area contributed by atoms with E-state index in [4.69, 9.17) is 13.8 Å². The van der Waals surface area contributed by atoms with Crippen molar-refractivity contribution >= 4 is 19.7 Å². The number of ether oxygens (including phenoxy) is 1. The second kappa shape index (κ2) is 45.5. The number of carbonyl (C=O) groups excluding carboxylic acids is 2. The van der Waals surface area contributed by atoms with Crippen LogP contribution in [0.3, 0.4) is 0 Å². The molecule has 0 saturated carbocycles. The third kappa shape index (κ3) is 46.6. The number of amides is 1. The number of nitrogens with one attached hydrogen (secondary N) is 1. The van der Waals surface area contributed by atoms with Gasteiger partial charge in [0, 0.05) is 12.8 Å². The molecule has 3 unspecified atom stereocenters. The maximum atomic E-state index is 13.4. The Bertz CT molecular complexity index is 1300. The lowest BCUT2D eigenvalue weighted by Crippen LogP contribution is -2.47. The number of likely N-dealkylation sites (N-methyl/N-ethyl adjacent to an activating group) is 1. The number of phosphoric acid groups is 1. The van der Waals surface area contributed by atoms with Gasteiger partial charge in [0.1, 0.15) is 19.3 Å². The number of hydrogen-bond acceptors (Lipinski definition) is 7. The van der Waals surface area contributed by atoms with Crippen molar-refractivity contribution in [3.05, 3.63) is 60.8 Å². The van der Waals surface area contributed by atoms with Crippen molar-refractivity contribution in [2.75, 3.05) is 40.9 Å². The first-order valence-electron chi connectivity index (χ1n) is 26.6. The lowest BCUT2D eigenvalue weighted by atomic mass is 10.0. The van der Waals surface area contributed by atoms with Crippen LogP contribution in [0, 0.1) is 0 Å². The number of unbranched alkanes of at least 4 members (excludes halogenated alkanes) is 23. The fourth-order valence-corrected chi connectivity index (χ4v) is 8.04. The van der Waals surface area contributed by atoms with Crippen LogP contribution in [0.2, 0.25) is 0 Å². The number of esters is 1. The van der Waals surface area contributed by atoms with E-state index in [0.717, 1.165) is 77.0 Å². The molecule has 378 valence electrons. The van der Waals surface area contributed by atoms with Crippen molar-refractivity contribution in [2.45, 2.75) is 238 Å². The van der Waals surface area contributed by atoms with Crippen LogP contribution in [0.15, 0.2) is 60.8 Å². The van der Waals surface area contributed by atoms with Crippen molar-refractivity contribution in [1.82, 2.24) is 5.32 Å². The number of hydrogen-bond donors (Lipinski definition) is 1. The standard InChI is InChI=1S/C55H101N2O7P/c1-7-10-13-16-19-22-25-28-30-32-35-38-41-44-47-54(58)56-52(51-63-65(60,61)62-50-49-57(4,5)6)53(46-43-40-37-34-31-27-24-21-18-15-12-9-3)64-55(59)48-45-42-39-36-33-29-26-23-20-17-14-11-8-2/h10,13,19,22,29,33,39,42-43,46,52-53H,7-9,11-12,14-18,20-21,23-28,30-32,34-38,40-41,44-45,47-51H2,1-6H3,(H-,56,58,60,61)/b13-10+,22-19+,33-29-,42-39+,46-43+. The summed E-state index contributed by atoms with van der Waals surface area (Å²) in [4.78, 5) is 39.6. The molecule has 0 fully saturated rings. The van der Waals surface area contributed by atoms with Gasteiger partial charge >= 0.3 is 5.97 Å². The fourth-order valence-electron chi connectivity index (χ4n) is 7.32. The molecule has 10 heteroatoms. The molecule has 0 aromatic carbocycles. The maximum Gasteiger partial charge on any atom is 0.306 e. The minimum absolute atomic E-state index is 0.0328. The summed E-state index contributed by atoms with van der Waals surface area (Å²) in [6, 6.07) is -0.913. The van der Waals surface area contributed by atoms with Gasteiger partial charge in [-0.1, -0.05) is 197 Å². The third-order valence-corrected chi connectivity index (χ3v) is 12.4. The van der Waals surface area contributed by atoms with Gasteiger partial charge in [-0.25, -0.2) is 0 Å². The van der Waals surface area contributed by atoms with E-state index >= 15 is 0 Å². The molecule has 0 aliphatic carbocycles. The zero-order chi connectivity index (χ0) is 48.0. The van der Waals surface area contributed by atoms with E-state index in [1.165, 1.54) is 109 Å². The van der Waals surface area contributed by atoms with E-state index in [0.29, 0.717) is 23.9 Å². The van der Waals surface area contributed by atoms with Crippen molar-refractivity contribution in [3.8, 4) is 0 Å². The topological polar surface area (TPSA) is 114 Å². The molecule has 0 rings (SSSR count). The molecule has 1 amide bonds. The Morgan fingerprint density at radius 1 is 0.554 bits per heavy atom. The van der Waals surface area contributed by atoms with E-state index in [9.17, 15) is 19.0 Å². The van der Waals surface area contributed by atoms with Crippen molar-refractivity contribution in [3.63, 3.8) is 0 Å². The summed E-state index contributed by atoms with van der Waals surface area (Å²) in [5.74, 6) is -0.631. The van der Waals surface area contributed by atoms with E-state index in [2.05, 4.69) is 68.6 Å². The van der Waals surface area contributed by atoms with E-state index in [1.807, 2.05) is 33.3 Å². The summed E-state index contributed by atoms with van der Waals surface area (Å²) in [5.41, 5.74) is 0. The summed E-state index contributed by atoms with van der Waals surface area (Å²) in [6.07, 6.45) is 54.8. The molecule has 3 atom stereocenters. The van der Waals surface area contributed by atoms with Crippen LogP contribution in [-0.2, 0) is 27.9 Å². The normalized spacial score (nSPS) is 14.4. The smallest absolute Gasteiger partial charge is 0.306 e. The highest BCUT2D eigenvalue weighted by Gasteiger charge is 2.27. The summed E-state index contributed by atoms with van der Waals surface area (Å²) < 4.78 is 30.1. The molecule has 0 spiro atoms. The minimum atomic E-state index is -4.70. The van der Waals surface area contributed by atoms with Gasteiger partial charge in [-0.2, -0.15) is 0 Å². The maximum absolute atomic E-state index is 13.4. The largest absolute Gasteiger partial charge is 0.756 e. The zero-order valence-corrected chi connectivity index (χ0v) is 43.8. The Balaban J connectivity index is 5.50. The Hall–Kier alpha value is -2.29. The van der Waals surface area contributed by atoms with Gasteiger partial charge in [0.25, 0.3) is 7.82 Å². The van der Waals surface area contributed by atoms with Crippen LogP contribution in [0.4, 0.5) is 0 Å². The van der Waals surface area contributed by atoms with Crippen molar-refractivity contribution in [2.24, 2.45) is 0 Å². The fraction of sp³-hybridized carbons (Fsp3) is 0.782. The third-order valence-electron chi connectivity index (χ3n) is 11.4. The van der Waals surface area contributed by atoms with Crippen molar-refractivity contribution in [1.29, 1.82) is 0 Å². The molecule has 0 aromatic rings. The molecule has 0 saturated heterocycles. The SMILES string of the molecule is CC/C=C/C/C=C/CCCCCCCCCC(=O)NC(COP(=O)([O-])OCC[N+](C)(C)C)C(/C=C/CCCCCCCCCCCC)OC(=O)CC/C=C/C/C=C\CCCCCCCC. The summed E-state index contributed by atoms with van der Waals surface area (Å²) in [5, 5.41) is 2.99. The quantitative estimate of drug-likeness (QED) is 0.0212. The molecular weight excluding hydrogens is 832 g/mol. The van der Waals surface area contributed by atoms with Gasteiger partial charge in [-0.15, -0.1) is 0 Å². The Morgan fingerprint density at radius 2 is 1.00 bits per heavy atom. The number of phosphoric ester groups is 1. The number of carbonyl (C=O) groups is 2. The number of allylic oxidation sites excluding steroid dienone is 9. The van der Waals surface area contributed by atoms with E-state index in [1.54, 1.807) is 6.08 Å². The Kier molecular flexibility index (Phi) is 43.9. The highest BCUT2D eigenvalue weighted by Crippen LogP contribution is 2.38. The Labute approximate surface area is 401 Å². The van der Waals surface area contributed by atoms with E-state index < -0.39 is 32.5 Å². The minimum Gasteiger partial charge on any atom is -0.756 e. The summed E-state index contributed by atoms with van der Waals surface area (Å²) in [6.45, 7) is 6.66. The molecule has 0 heterocycles. The summed E-state index contributed by atoms with van der Waals surface area (Å²) >= 11 is 0. The lowest BCUT2D eigenvalue weighted by Gasteiger charge is -2.30.